The minimum Gasteiger partial charge on any atom is -0.334 e. The molecule has 0 aliphatic rings. The average molecular weight is 338 g/mol. The highest BCUT2D eigenvalue weighted by atomic mass is 35.5. The fourth-order valence-electron chi connectivity index (χ4n) is 2.24. The lowest BCUT2D eigenvalue weighted by molar-refractivity contribution is 0.251. The fraction of sp³-hybridized carbons (Fsp3) is 0.0526. The van der Waals surface area contributed by atoms with Crippen molar-refractivity contribution in [3.8, 4) is 11.1 Å². The van der Waals surface area contributed by atoms with Gasteiger partial charge in [-0.15, -0.1) is 0 Å². The zero-order valence-electron chi connectivity index (χ0n) is 12.9. The number of carbonyl (C=O) groups excluding carboxylic acids is 1. The van der Waals surface area contributed by atoms with Crippen molar-refractivity contribution in [2.75, 3.05) is 5.32 Å². The topological polar surface area (TPSA) is 54.0 Å². The van der Waals surface area contributed by atoms with Gasteiger partial charge < -0.3 is 5.32 Å². The van der Waals surface area contributed by atoms with Crippen LogP contribution in [0.4, 0.5) is 10.6 Å². The summed E-state index contributed by atoms with van der Waals surface area (Å²) in [7, 11) is 0. The number of pyridine rings is 1. The van der Waals surface area contributed by atoms with E-state index in [9.17, 15) is 4.79 Å². The van der Waals surface area contributed by atoms with Gasteiger partial charge in [0.25, 0.3) is 0 Å². The lowest BCUT2D eigenvalue weighted by Crippen LogP contribution is -2.28. The first-order chi connectivity index (χ1) is 11.7. The third-order valence-electron chi connectivity index (χ3n) is 3.49. The monoisotopic (exact) mass is 337 g/mol. The van der Waals surface area contributed by atoms with Crippen LogP contribution in [-0.2, 0) is 6.54 Å². The van der Waals surface area contributed by atoms with Crippen molar-refractivity contribution in [1.82, 2.24) is 10.3 Å². The van der Waals surface area contributed by atoms with Crippen LogP contribution in [0.25, 0.3) is 11.1 Å². The molecule has 120 valence electrons. The van der Waals surface area contributed by atoms with Crippen LogP contribution in [0.5, 0.6) is 0 Å². The van der Waals surface area contributed by atoms with E-state index in [0.717, 1.165) is 21.7 Å². The number of hydrogen-bond acceptors (Lipinski definition) is 2. The van der Waals surface area contributed by atoms with Gasteiger partial charge in [-0.05, 0) is 41.0 Å². The number of rotatable bonds is 4. The summed E-state index contributed by atoms with van der Waals surface area (Å²) in [5.74, 6) is 0.521. The van der Waals surface area contributed by atoms with E-state index < -0.39 is 0 Å². The maximum absolute atomic E-state index is 11.8. The van der Waals surface area contributed by atoms with Gasteiger partial charge in [-0.3, -0.25) is 5.32 Å². The summed E-state index contributed by atoms with van der Waals surface area (Å²) < 4.78 is 0. The van der Waals surface area contributed by atoms with Gasteiger partial charge in [0.2, 0.25) is 0 Å². The van der Waals surface area contributed by atoms with Crippen LogP contribution in [0.2, 0.25) is 5.02 Å². The summed E-state index contributed by atoms with van der Waals surface area (Å²) in [6.45, 7) is 0.444. The van der Waals surface area contributed by atoms with Gasteiger partial charge in [0.05, 0.1) is 0 Å². The maximum Gasteiger partial charge on any atom is 0.320 e. The van der Waals surface area contributed by atoms with Crippen molar-refractivity contribution in [3.63, 3.8) is 0 Å². The number of anilines is 1. The van der Waals surface area contributed by atoms with E-state index in [1.54, 1.807) is 18.3 Å². The Morgan fingerprint density at radius 1 is 0.917 bits per heavy atom. The lowest BCUT2D eigenvalue weighted by Gasteiger charge is -2.08. The molecule has 0 atom stereocenters. The Balaban J connectivity index is 1.56. The molecule has 0 spiro atoms. The Morgan fingerprint density at radius 3 is 2.21 bits per heavy atom. The zero-order valence-corrected chi connectivity index (χ0v) is 13.6. The van der Waals surface area contributed by atoms with Crippen molar-refractivity contribution < 1.29 is 4.79 Å². The highest BCUT2D eigenvalue weighted by Gasteiger charge is 2.03. The molecule has 2 N–H and O–H groups in total. The zero-order chi connectivity index (χ0) is 16.8. The van der Waals surface area contributed by atoms with E-state index in [2.05, 4.69) is 15.6 Å². The predicted octanol–water partition coefficient (Wildman–Crippen LogP) is 4.72. The number of hydrogen-bond donors (Lipinski definition) is 2. The molecule has 3 aromatic rings. The Hall–Kier alpha value is -2.85. The molecule has 0 unspecified atom stereocenters. The molecular formula is C19H16ClN3O. The summed E-state index contributed by atoms with van der Waals surface area (Å²) in [6, 6.07) is 20.8. The molecule has 0 saturated heterocycles. The minimum atomic E-state index is -0.282. The van der Waals surface area contributed by atoms with Crippen LogP contribution < -0.4 is 10.6 Å². The highest BCUT2D eigenvalue weighted by Crippen LogP contribution is 2.21. The molecule has 24 heavy (non-hydrogen) atoms. The van der Waals surface area contributed by atoms with Crippen LogP contribution >= 0.6 is 11.6 Å². The molecule has 1 heterocycles. The van der Waals surface area contributed by atoms with Crippen LogP contribution in [0, 0.1) is 0 Å². The summed E-state index contributed by atoms with van der Waals surface area (Å²) in [5, 5.41) is 6.21. The number of halogens is 1. The molecule has 2 amide bonds. The number of nitrogens with one attached hydrogen (secondary N) is 2. The number of amides is 2. The van der Waals surface area contributed by atoms with Gasteiger partial charge in [-0.2, -0.15) is 0 Å². The van der Waals surface area contributed by atoms with Gasteiger partial charge >= 0.3 is 6.03 Å². The molecule has 2 aromatic carbocycles. The van der Waals surface area contributed by atoms with Gasteiger partial charge in [-0.25, -0.2) is 9.78 Å². The molecule has 1 aromatic heterocycles. The van der Waals surface area contributed by atoms with E-state index in [4.69, 9.17) is 11.6 Å². The van der Waals surface area contributed by atoms with Crippen molar-refractivity contribution in [2.24, 2.45) is 0 Å². The molecule has 0 saturated carbocycles. The SMILES string of the molecule is O=C(NCc1ccc(-c2ccc(Cl)cc2)cc1)Nc1ccccn1. The highest BCUT2D eigenvalue weighted by molar-refractivity contribution is 6.30. The van der Waals surface area contributed by atoms with E-state index >= 15 is 0 Å². The first-order valence-electron chi connectivity index (χ1n) is 7.51. The molecule has 5 heteroatoms. The minimum absolute atomic E-state index is 0.282. The molecule has 0 aliphatic heterocycles. The van der Waals surface area contributed by atoms with Crippen LogP contribution in [0.1, 0.15) is 5.56 Å². The number of benzene rings is 2. The van der Waals surface area contributed by atoms with Gasteiger partial charge in [0.15, 0.2) is 0 Å². The normalized spacial score (nSPS) is 10.2. The molecule has 0 aliphatic carbocycles. The van der Waals surface area contributed by atoms with Gasteiger partial charge in [0.1, 0.15) is 5.82 Å². The van der Waals surface area contributed by atoms with E-state index in [1.807, 2.05) is 54.6 Å². The molecule has 0 radical (unpaired) electrons. The molecule has 4 nitrogen and oxygen atoms in total. The predicted molar refractivity (Wildman–Crippen MR) is 97.0 cm³/mol. The van der Waals surface area contributed by atoms with Crippen LogP contribution in [-0.4, -0.2) is 11.0 Å². The number of aromatic nitrogens is 1. The smallest absolute Gasteiger partial charge is 0.320 e. The summed E-state index contributed by atoms with van der Waals surface area (Å²) in [4.78, 5) is 15.9. The van der Waals surface area contributed by atoms with Crippen molar-refractivity contribution in [3.05, 3.63) is 83.5 Å². The second kappa shape index (κ2) is 7.62. The van der Waals surface area contributed by atoms with Crippen molar-refractivity contribution in [1.29, 1.82) is 0 Å². The molecular weight excluding hydrogens is 322 g/mol. The van der Waals surface area contributed by atoms with Crippen molar-refractivity contribution in [2.45, 2.75) is 6.54 Å². The Bertz CT molecular complexity index is 802. The quantitative estimate of drug-likeness (QED) is 0.723. The number of urea groups is 1. The van der Waals surface area contributed by atoms with Gasteiger partial charge in [0, 0.05) is 17.8 Å². The average Bonchev–Trinajstić information content (AvgIpc) is 2.62. The first-order valence-corrected chi connectivity index (χ1v) is 7.89. The van der Waals surface area contributed by atoms with Crippen molar-refractivity contribution >= 4 is 23.4 Å². The largest absolute Gasteiger partial charge is 0.334 e. The Kier molecular flexibility index (Phi) is 5.08. The van der Waals surface area contributed by atoms with Crippen LogP contribution in [0.3, 0.4) is 0 Å². The molecule has 0 bridgehead atoms. The van der Waals surface area contributed by atoms with E-state index in [1.165, 1.54) is 0 Å². The van der Waals surface area contributed by atoms with E-state index in [-0.39, 0.29) is 6.03 Å². The maximum atomic E-state index is 11.8. The third kappa shape index (κ3) is 4.33. The molecule has 3 rings (SSSR count). The number of nitrogens with zero attached hydrogens (tertiary/aromatic N) is 1. The standard InChI is InChI=1S/C19H16ClN3O/c20-17-10-8-16(9-11-17)15-6-4-14(5-7-15)13-22-19(24)23-18-3-1-2-12-21-18/h1-12H,13H2,(H2,21,22,23,24). The second-order valence-corrected chi connectivity index (χ2v) is 5.66. The van der Waals surface area contributed by atoms with Crippen LogP contribution in [0.15, 0.2) is 72.9 Å². The third-order valence-corrected chi connectivity index (χ3v) is 3.74. The summed E-state index contributed by atoms with van der Waals surface area (Å²) in [5.41, 5.74) is 3.23. The van der Waals surface area contributed by atoms with E-state index in [0.29, 0.717) is 12.4 Å². The summed E-state index contributed by atoms with van der Waals surface area (Å²) >= 11 is 5.90. The Morgan fingerprint density at radius 2 is 1.58 bits per heavy atom. The number of carbonyl (C=O) groups is 1. The molecule has 0 fully saturated rings. The summed E-state index contributed by atoms with van der Waals surface area (Å²) in [6.07, 6.45) is 1.63. The fourth-order valence-corrected chi connectivity index (χ4v) is 2.36. The lowest BCUT2D eigenvalue weighted by atomic mass is 10.0. The van der Waals surface area contributed by atoms with Gasteiger partial charge in [-0.1, -0.05) is 54.1 Å². The second-order valence-electron chi connectivity index (χ2n) is 5.23. The Labute approximate surface area is 145 Å². The first kappa shape index (κ1) is 16.0.